The van der Waals surface area contributed by atoms with Crippen molar-refractivity contribution in [3.63, 3.8) is 0 Å². The Morgan fingerprint density at radius 1 is 1.36 bits per heavy atom. The highest BCUT2D eigenvalue weighted by molar-refractivity contribution is 14.0. The quantitative estimate of drug-likeness (QED) is 0.329. The average Bonchev–Trinajstić information content (AvgIpc) is 3.30. The summed E-state index contributed by atoms with van der Waals surface area (Å²) in [5, 5.41) is 13.9. The zero-order valence-corrected chi connectivity index (χ0v) is 19.1. The van der Waals surface area contributed by atoms with E-state index in [0.29, 0.717) is 38.4 Å². The van der Waals surface area contributed by atoms with E-state index in [1.807, 2.05) is 13.8 Å². The van der Waals surface area contributed by atoms with Gasteiger partial charge in [0.15, 0.2) is 5.96 Å². The summed E-state index contributed by atoms with van der Waals surface area (Å²) in [4.78, 5) is 6.75. The summed E-state index contributed by atoms with van der Waals surface area (Å²) in [7, 11) is -3.41. The standard InChI is InChI=1S/C16H25N7O3S.HI/c1-3-17-16(18-10-14-11-19-20-13(14)2)22-5-7-23(8-6-22)27(24,25)12-15-4-9-26-21-15;/h4,9,11H,3,5-8,10,12H2,1-2H3,(H,17,18)(H,19,20);1H. The van der Waals surface area contributed by atoms with E-state index < -0.39 is 10.0 Å². The number of aromatic nitrogens is 3. The minimum atomic E-state index is -3.41. The average molecular weight is 523 g/mol. The number of piperazine rings is 1. The van der Waals surface area contributed by atoms with E-state index >= 15 is 0 Å². The van der Waals surface area contributed by atoms with Crippen LogP contribution >= 0.6 is 24.0 Å². The largest absolute Gasteiger partial charge is 0.364 e. The number of nitrogens with zero attached hydrogens (tertiary/aromatic N) is 5. The number of rotatable bonds is 6. The molecule has 12 heteroatoms. The maximum absolute atomic E-state index is 12.5. The van der Waals surface area contributed by atoms with Gasteiger partial charge in [-0.2, -0.15) is 9.40 Å². The number of H-pyrrole nitrogens is 1. The molecule has 0 saturated carbocycles. The van der Waals surface area contributed by atoms with Crippen LogP contribution in [0, 0.1) is 6.92 Å². The van der Waals surface area contributed by atoms with Gasteiger partial charge in [-0.1, -0.05) is 5.16 Å². The van der Waals surface area contributed by atoms with Crippen LogP contribution in [0.5, 0.6) is 0 Å². The number of hydrogen-bond donors (Lipinski definition) is 2. The molecule has 0 bridgehead atoms. The molecule has 0 aromatic carbocycles. The summed E-state index contributed by atoms with van der Waals surface area (Å²) in [5.74, 6) is 0.642. The Kier molecular flexibility index (Phi) is 8.24. The van der Waals surface area contributed by atoms with Crippen molar-refractivity contribution in [3.05, 3.63) is 35.5 Å². The summed E-state index contributed by atoms with van der Waals surface area (Å²) in [6.07, 6.45) is 3.15. The first-order valence-corrected chi connectivity index (χ1v) is 10.5. The highest BCUT2D eigenvalue weighted by Crippen LogP contribution is 2.13. The van der Waals surface area contributed by atoms with Gasteiger partial charge in [-0.25, -0.2) is 13.4 Å². The fourth-order valence-corrected chi connectivity index (χ4v) is 4.31. The summed E-state index contributed by atoms with van der Waals surface area (Å²) in [6, 6.07) is 1.57. The van der Waals surface area contributed by atoms with Crippen LogP contribution < -0.4 is 5.32 Å². The predicted molar refractivity (Wildman–Crippen MR) is 116 cm³/mol. The molecular weight excluding hydrogens is 497 g/mol. The van der Waals surface area contributed by atoms with E-state index in [9.17, 15) is 8.42 Å². The Bertz CT molecular complexity index is 859. The van der Waals surface area contributed by atoms with Crippen LogP contribution in [0.1, 0.15) is 23.9 Å². The molecule has 28 heavy (non-hydrogen) atoms. The SMILES string of the molecule is CCNC(=NCc1cn[nH]c1C)N1CCN(S(=O)(=O)Cc2ccon2)CC1.I. The monoisotopic (exact) mass is 523 g/mol. The van der Waals surface area contributed by atoms with Gasteiger partial charge in [-0.05, 0) is 13.8 Å². The Hall–Kier alpha value is -1.67. The molecular formula is C16H26IN7O3S. The molecule has 1 saturated heterocycles. The van der Waals surface area contributed by atoms with Crippen molar-refractivity contribution in [2.45, 2.75) is 26.1 Å². The third kappa shape index (κ3) is 5.67. The van der Waals surface area contributed by atoms with Crippen molar-refractivity contribution in [1.29, 1.82) is 0 Å². The Morgan fingerprint density at radius 2 is 2.11 bits per heavy atom. The normalized spacial score (nSPS) is 16.1. The van der Waals surface area contributed by atoms with E-state index in [1.165, 1.54) is 10.6 Å². The number of aliphatic imine (C=N–C) groups is 1. The number of hydrogen-bond acceptors (Lipinski definition) is 6. The molecule has 156 valence electrons. The number of aryl methyl sites for hydroxylation is 1. The number of nitrogens with one attached hydrogen (secondary N) is 2. The Balaban J connectivity index is 0.00000280. The third-order valence-electron chi connectivity index (χ3n) is 4.42. The number of guanidine groups is 1. The topological polar surface area (TPSA) is 120 Å². The van der Waals surface area contributed by atoms with Crippen LogP contribution in [0.4, 0.5) is 0 Å². The summed E-state index contributed by atoms with van der Waals surface area (Å²) in [6.45, 7) is 7.22. The lowest BCUT2D eigenvalue weighted by atomic mass is 10.3. The second kappa shape index (κ2) is 10.2. The summed E-state index contributed by atoms with van der Waals surface area (Å²) in [5.41, 5.74) is 2.46. The molecule has 0 amide bonds. The second-order valence-electron chi connectivity index (χ2n) is 6.32. The van der Waals surface area contributed by atoms with Gasteiger partial charge >= 0.3 is 0 Å². The number of aromatic amines is 1. The first-order chi connectivity index (χ1) is 13.0. The van der Waals surface area contributed by atoms with E-state index in [1.54, 1.807) is 12.3 Å². The molecule has 0 spiro atoms. The zero-order valence-electron chi connectivity index (χ0n) is 16.0. The molecule has 1 fully saturated rings. The predicted octanol–water partition coefficient (Wildman–Crippen LogP) is 0.937. The van der Waals surface area contributed by atoms with Crippen LogP contribution in [-0.4, -0.2) is 71.7 Å². The van der Waals surface area contributed by atoms with Gasteiger partial charge in [0, 0.05) is 50.0 Å². The molecule has 3 rings (SSSR count). The van der Waals surface area contributed by atoms with Crippen LogP contribution in [0.3, 0.4) is 0 Å². The fourth-order valence-electron chi connectivity index (χ4n) is 2.89. The van der Waals surface area contributed by atoms with Gasteiger partial charge in [-0.15, -0.1) is 24.0 Å². The van der Waals surface area contributed by atoms with Crippen LogP contribution in [0.25, 0.3) is 0 Å². The number of halogens is 1. The maximum Gasteiger partial charge on any atom is 0.220 e. The first kappa shape index (κ1) is 22.6. The minimum absolute atomic E-state index is 0. The van der Waals surface area contributed by atoms with Crippen molar-refractivity contribution in [3.8, 4) is 0 Å². The third-order valence-corrected chi connectivity index (χ3v) is 6.23. The van der Waals surface area contributed by atoms with Crippen LogP contribution in [0.15, 0.2) is 28.0 Å². The van der Waals surface area contributed by atoms with Crippen molar-refractivity contribution in [1.82, 2.24) is 29.9 Å². The molecule has 0 unspecified atom stereocenters. The second-order valence-corrected chi connectivity index (χ2v) is 8.29. The van der Waals surface area contributed by atoms with Crippen molar-refractivity contribution >= 4 is 40.0 Å². The smallest absolute Gasteiger partial charge is 0.220 e. The van der Waals surface area contributed by atoms with E-state index in [2.05, 4.69) is 30.6 Å². The van der Waals surface area contributed by atoms with Crippen molar-refractivity contribution in [2.75, 3.05) is 32.7 Å². The summed E-state index contributed by atoms with van der Waals surface area (Å²) < 4.78 is 31.3. The highest BCUT2D eigenvalue weighted by atomic mass is 127. The molecule has 2 aromatic heterocycles. The lowest BCUT2D eigenvalue weighted by molar-refractivity contribution is 0.259. The van der Waals surface area contributed by atoms with E-state index in [4.69, 9.17) is 4.52 Å². The van der Waals surface area contributed by atoms with Gasteiger partial charge < -0.3 is 14.7 Å². The van der Waals surface area contributed by atoms with Gasteiger partial charge in [-0.3, -0.25) is 5.10 Å². The molecule has 3 heterocycles. The molecule has 2 aromatic rings. The molecule has 1 aliphatic heterocycles. The number of sulfonamides is 1. The highest BCUT2D eigenvalue weighted by Gasteiger charge is 2.29. The lowest BCUT2D eigenvalue weighted by Crippen LogP contribution is -2.53. The molecule has 0 atom stereocenters. The first-order valence-electron chi connectivity index (χ1n) is 8.89. The van der Waals surface area contributed by atoms with Crippen molar-refractivity contribution < 1.29 is 12.9 Å². The molecule has 10 nitrogen and oxygen atoms in total. The Morgan fingerprint density at radius 3 is 2.68 bits per heavy atom. The fraction of sp³-hybridized carbons (Fsp3) is 0.562. The lowest BCUT2D eigenvalue weighted by Gasteiger charge is -2.35. The van der Waals surface area contributed by atoms with Gasteiger partial charge in [0.05, 0.1) is 18.4 Å². The molecule has 1 aliphatic rings. The van der Waals surface area contributed by atoms with Gasteiger partial charge in [0.25, 0.3) is 0 Å². The minimum Gasteiger partial charge on any atom is -0.364 e. The van der Waals surface area contributed by atoms with E-state index in [0.717, 1.165) is 23.8 Å². The van der Waals surface area contributed by atoms with Crippen LogP contribution in [0.2, 0.25) is 0 Å². The van der Waals surface area contributed by atoms with Gasteiger partial charge in [0.1, 0.15) is 12.0 Å². The molecule has 0 aliphatic carbocycles. The van der Waals surface area contributed by atoms with Crippen molar-refractivity contribution in [2.24, 2.45) is 4.99 Å². The molecule has 2 N–H and O–H groups in total. The van der Waals surface area contributed by atoms with Gasteiger partial charge in [0.2, 0.25) is 10.0 Å². The zero-order chi connectivity index (χ0) is 19.3. The van der Waals surface area contributed by atoms with Crippen LogP contribution in [-0.2, 0) is 22.3 Å². The van der Waals surface area contributed by atoms with E-state index in [-0.39, 0.29) is 29.7 Å². The molecule has 0 radical (unpaired) electrons. The Labute approximate surface area is 181 Å². The maximum atomic E-state index is 12.5. The summed E-state index contributed by atoms with van der Waals surface area (Å²) >= 11 is 0.